The Morgan fingerprint density at radius 1 is 1.10 bits per heavy atom. The van der Waals surface area contributed by atoms with Crippen molar-refractivity contribution in [3.63, 3.8) is 0 Å². The number of rotatable bonds is 1. The normalized spacial score (nSPS) is 12.0. The van der Waals surface area contributed by atoms with E-state index in [9.17, 15) is 10.2 Å². The first-order valence-corrected chi connectivity index (χ1v) is 6.73. The van der Waals surface area contributed by atoms with E-state index < -0.39 is 0 Å². The maximum atomic E-state index is 10.1. The van der Waals surface area contributed by atoms with Crippen LogP contribution in [0.15, 0.2) is 36.7 Å². The number of aromatic nitrogens is 3. The fourth-order valence-electron chi connectivity index (χ4n) is 2.50. The number of phenols is 2. The third kappa shape index (κ3) is 2.20. The lowest BCUT2D eigenvalue weighted by Gasteiger charge is -2.25. The number of phenolic OH excluding ortho intramolecular Hbond substituents is 2. The van der Waals surface area contributed by atoms with Gasteiger partial charge in [-0.05, 0) is 45.0 Å². The van der Waals surface area contributed by atoms with Crippen molar-refractivity contribution < 1.29 is 10.2 Å². The summed E-state index contributed by atoms with van der Waals surface area (Å²) in [6.45, 7) is 6.20. The largest absolute Gasteiger partial charge is 0.508 e. The van der Waals surface area contributed by atoms with Gasteiger partial charge in [0.25, 0.3) is 0 Å². The SMILES string of the molecule is CC(C)(C)n1c(-c2cc(O)ccc2O)nc2cnccc21. The van der Waals surface area contributed by atoms with Gasteiger partial charge in [-0.1, -0.05) is 0 Å². The summed E-state index contributed by atoms with van der Waals surface area (Å²) in [5, 5.41) is 19.8. The van der Waals surface area contributed by atoms with Crippen LogP contribution in [0.1, 0.15) is 20.8 Å². The number of hydrogen-bond donors (Lipinski definition) is 2. The average Bonchev–Trinajstić information content (AvgIpc) is 2.80. The molecule has 0 spiro atoms. The molecule has 5 heteroatoms. The Kier molecular flexibility index (Phi) is 2.86. The highest BCUT2D eigenvalue weighted by atomic mass is 16.3. The van der Waals surface area contributed by atoms with E-state index in [1.165, 1.54) is 18.2 Å². The monoisotopic (exact) mass is 283 g/mol. The highest BCUT2D eigenvalue weighted by Gasteiger charge is 2.24. The van der Waals surface area contributed by atoms with Crippen LogP contribution in [0.3, 0.4) is 0 Å². The van der Waals surface area contributed by atoms with Gasteiger partial charge in [-0.2, -0.15) is 0 Å². The predicted octanol–water partition coefficient (Wildman–Crippen LogP) is 3.26. The summed E-state index contributed by atoms with van der Waals surface area (Å²) in [5.41, 5.74) is 1.96. The Labute approximate surface area is 122 Å². The molecule has 2 aromatic heterocycles. The Balaban J connectivity index is 2.39. The number of hydrogen-bond acceptors (Lipinski definition) is 4. The summed E-state index contributed by atoms with van der Waals surface area (Å²) in [6.07, 6.45) is 3.42. The van der Waals surface area contributed by atoms with E-state index in [0.717, 1.165) is 11.0 Å². The number of imidazole rings is 1. The molecule has 2 heterocycles. The van der Waals surface area contributed by atoms with Crippen molar-refractivity contribution in [3.05, 3.63) is 36.7 Å². The third-order valence-electron chi connectivity index (χ3n) is 3.35. The standard InChI is InChI=1S/C16H17N3O2/c1-16(2,3)19-13-6-7-17-9-12(13)18-15(19)11-8-10(20)4-5-14(11)21/h4-9,20-21H,1-3H3. The van der Waals surface area contributed by atoms with Crippen molar-refractivity contribution in [2.24, 2.45) is 0 Å². The number of aromatic hydroxyl groups is 2. The zero-order chi connectivity index (χ0) is 15.2. The average molecular weight is 283 g/mol. The summed E-state index contributed by atoms with van der Waals surface area (Å²) >= 11 is 0. The summed E-state index contributed by atoms with van der Waals surface area (Å²) in [7, 11) is 0. The van der Waals surface area contributed by atoms with Crippen LogP contribution in [-0.4, -0.2) is 24.7 Å². The predicted molar refractivity (Wildman–Crippen MR) is 81.3 cm³/mol. The molecule has 0 radical (unpaired) electrons. The van der Waals surface area contributed by atoms with E-state index in [4.69, 9.17) is 0 Å². The minimum atomic E-state index is -0.233. The minimum absolute atomic E-state index is 0.0848. The van der Waals surface area contributed by atoms with Crippen LogP contribution >= 0.6 is 0 Å². The molecule has 0 atom stereocenters. The summed E-state index contributed by atoms with van der Waals surface area (Å²) in [6, 6.07) is 6.34. The highest BCUT2D eigenvalue weighted by Crippen LogP contribution is 2.36. The fraction of sp³-hybridized carbons (Fsp3) is 0.250. The lowest BCUT2D eigenvalue weighted by Crippen LogP contribution is -2.22. The van der Waals surface area contributed by atoms with Crippen molar-refractivity contribution in [2.75, 3.05) is 0 Å². The van der Waals surface area contributed by atoms with Crippen molar-refractivity contribution in [1.29, 1.82) is 0 Å². The molecule has 0 aliphatic heterocycles. The van der Waals surface area contributed by atoms with E-state index in [1.807, 2.05) is 10.6 Å². The molecule has 0 amide bonds. The maximum absolute atomic E-state index is 10.1. The molecule has 0 saturated carbocycles. The molecule has 5 nitrogen and oxygen atoms in total. The number of pyridine rings is 1. The molecule has 0 bridgehead atoms. The molecule has 108 valence electrons. The van der Waals surface area contributed by atoms with Gasteiger partial charge in [0, 0.05) is 11.7 Å². The second-order valence-electron chi connectivity index (χ2n) is 6.01. The molecule has 21 heavy (non-hydrogen) atoms. The van der Waals surface area contributed by atoms with Gasteiger partial charge in [0.15, 0.2) is 0 Å². The smallest absolute Gasteiger partial charge is 0.145 e. The molecule has 0 unspecified atom stereocenters. The molecule has 0 aliphatic rings. The van der Waals surface area contributed by atoms with Gasteiger partial charge in [-0.15, -0.1) is 0 Å². The first-order chi connectivity index (χ1) is 9.88. The molecule has 1 aromatic carbocycles. The summed E-state index contributed by atoms with van der Waals surface area (Å²) in [4.78, 5) is 8.68. The molecular weight excluding hydrogens is 266 g/mol. The fourth-order valence-corrected chi connectivity index (χ4v) is 2.50. The second-order valence-corrected chi connectivity index (χ2v) is 6.01. The lowest BCUT2D eigenvalue weighted by atomic mass is 10.1. The second kappa shape index (κ2) is 4.48. The van der Waals surface area contributed by atoms with Crippen molar-refractivity contribution >= 4 is 11.0 Å². The van der Waals surface area contributed by atoms with Crippen molar-refractivity contribution in [2.45, 2.75) is 26.3 Å². The Hall–Kier alpha value is -2.56. The van der Waals surface area contributed by atoms with Crippen LogP contribution in [0.25, 0.3) is 22.4 Å². The number of fused-ring (bicyclic) bond motifs is 1. The maximum Gasteiger partial charge on any atom is 0.145 e. The zero-order valence-electron chi connectivity index (χ0n) is 12.2. The Morgan fingerprint density at radius 2 is 1.86 bits per heavy atom. The van der Waals surface area contributed by atoms with Crippen LogP contribution in [-0.2, 0) is 5.54 Å². The van der Waals surface area contributed by atoms with Gasteiger partial charge >= 0.3 is 0 Å². The van der Waals surface area contributed by atoms with Gasteiger partial charge in [-0.25, -0.2) is 4.98 Å². The quantitative estimate of drug-likeness (QED) is 0.672. The first-order valence-electron chi connectivity index (χ1n) is 6.73. The van der Waals surface area contributed by atoms with Crippen molar-refractivity contribution in [1.82, 2.24) is 14.5 Å². The minimum Gasteiger partial charge on any atom is -0.508 e. The van der Waals surface area contributed by atoms with E-state index in [1.54, 1.807) is 12.4 Å². The molecular formula is C16H17N3O2. The summed E-state index contributed by atoms with van der Waals surface area (Å²) in [5.74, 6) is 0.786. The van der Waals surface area contributed by atoms with Crippen LogP contribution in [0.4, 0.5) is 0 Å². The van der Waals surface area contributed by atoms with Crippen LogP contribution in [0.2, 0.25) is 0 Å². The molecule has 3 rings (SSSR count). The Morgan fingerprint density at radius 3 is 2.57 bits per heavy atom. The van der Waals surface area contributed by atoms with E-state index in [2.05, 4.69) is 30.7 Å². The van der Waals surface area contributed by atoms with Gasteiger partial charge in [-0.3, -0.25) is 4.98 Å². The van der Waals surface area contributed by atoms with E-state index >= 15 is 0 Å². The summed E-state index contributed by atoms with van der Waals surface area (Å²) < 4.78 is 2.04. The molecule has 0 saturated heterocycles. The highest BCUT2D eigenvalue weighted by molar-refractivity contribution is 5.81. The van der Waals surface area contributed by atoms with Crippen LogP contribution in [0, 0.1) is 0 Å². The molecule has 2 N–H and O–H groups in total. The van der Waals surface area contributed by atoms with Gasteiger partial charge in [0.2, 0.25) is 0 Å². The van der Waals surface area contributed by atoms with Gasteiger partial charge in [0.1, 0.15) is 22.8 Å². The topological polar surface area (TPSA) is 71.2 Å². The molecule has 3 aromatic rings. The van der Waals surface area contributed by atoms with Crippen LogP contribution < -0.4 is 0 Å². The first kappa shape index (κ1) is 13.4. The van der Waals surface area contributed by atoms with E-state index in [-0.39, 0.29) is 17.0 Å². The van der Waals surface area contributed by atoms with Gasteiger partial charge < -0.3 is 14.8 Å². The van der Waals surface area contributed by atoms with Crippen LogP contribution in [0.5, 0.6) is 11.5 Å². The van der Waals surface area contributed by atoms with E-state index in [0.29, 0.717) is 11.4 Å². The van der Waals surface area contributed by atoms with Gasteiger partial charge in [0.05, 0.1) is 17.3 Å². The van der Waals surface area contributed by atoms with Crippen molar-refractivity contribution in [3.8, 4) is 22.9 Å². The molecule has 0 fully saturated rings. The number of benzene rings is 1. The molecule has 0 aliphatic carbocycles. The Bertz CT molecular complexity index is 816. The number of nitrogens with zero attached hydrogens (tertiary/aromatic N) is 3. The zero-order valence-corrected chi connectivity index (χ0v) is 12.2. The lowest BCUT2D eigenvalue weighted by molar-refractivity contribution is 0.411. The third-order valence-corrected chi connectivity index (χ3v) is 3.35.